The predicted octanol–water partition coefficient (Wildman–Crippen LogP) is 2.23. The molecule has 6 nitrogen and oxygen atoms in total. The lowest BCUT2D eigenvalue weighted by atomic mass is 10.3. The van der Waals surface area contributed by atoms with Gasteiger partial charge in [-0.15, -0.1) is 0 Å². The van der Waals surface area contributed by atoms with Gasteiger partial charge < -0.3 is 15.5 Å². The molecule has 0 saturated carbocycles. The molecule has 2 N–H and O–H groups in total. The van der Waals surface area contributed by atoms with E-state index in [1.807, 2.05) is 14.1 Å². The molecule has 1 amide bonds. The van der Waals surface area contributed by atoms with Gasteiger partial charge in [-0.25, -0.2) is 14.4 Å². The molecule has 0 aliphatic carbocycles. The van der Waals surface area contributed by atoms with E-state index in [2.05, 4.69) is 25.5 Å². The average Bonchev–Trinajstić information content (AvgIpc) is 2.54. The highest BCUT2D eigenvalue weighted by molar-refractivity contribution is 6.02. The number of benzene rings is 1. The lowest BCUT2D eigenvalue weighted by molar-refractivity contribution is 0.102. The summed E-state index contributed by atoms with van der Waals surface area (Å²) in [4.78, 5) is 22.4. The molecule has 0 aliphatic rings. The van der Waals surface area contributed by atoms with Gasteiger partial charge in [0.25, 0.3) is 5.91 Å². The molecule has 122 valence electrons. The minimum atomic E-state index is -0.386. The van der Waals surface area contributed by atoms with Crippen LogP contribution in [0.25, 0.3) is 0 Å². The van der Waals surface area contributed by atoms with Crippen LogP contribution in [0.15, 0.2) is 36.7 Å². The zero-order valence-electron chi connectivity index (χ0n) is 13.2. The van der Waals surface area contributed by atoms with Gasteiger partial charge in [0.1, 0.15) is 17.3 Å². The first-order valence-electron chi connectivity index (χ1n) is 7.32. The van der Waals surface area contributed by atoms with E-state index in [-0.39, 0.29) is 17.4 Å². The molecular weight excluding hydrogens is 297 g/mol. The molecule has 0 saturated heterocycles. The molecule has 0 unspecified atom stereocenters. The number of halogens is 1. The Labute approximate surface area is 134 Å². The Hall–Kier alpha value is -2.54. The van der Waals surface area contributed by atoms with E-state index in [1.165, 1.54) is 36.7 Å². The van der Waals surface area contributed by atoms with Crippen molar-refractivity contribution >= 4 is 17.4 Å². The van der Waals surface area contributed by atoms with E-state index in [9.17, 15) is 9.18 Å². The highest BCUT2D eigenvalue weighted by atomic mass is 19.1. The zero-order valence-corrected chi connectivity index (χ0v) is 13.2. The molecule has 0 fully saturated rings. The summed E-state index contributed by atoms with van der Waals surface area (Å²) in [5.74, 6) is -0.113. The first kappa shape index (κ1) is 16.8. The SMILES string of the molecule is CN(C)CCCNc1cnc(C(=O)Nc2ccc(F)cc2)cn1. The average molecular weight is 317 g/mol. The fourth-order valence-electron chi connectivity index (χ4n) is 1.88. The van der Waals surface area contributed by atoms with Gasteiger partial charge in [-0.3, -0.25) is 4.79 Å². The van der Waals surface area contributed by atoms with Gasteiger partial charge in [0.15, 0.2) is 0 Å². The molecule has 2 aromatic rings. The van der Waals surface area contributed by atoms with Crippen molar-refractivity contribution in [3.05, 3.63) is 48.2 Å². The van der Waals surface area contributed by atoms with Gasteiger partial charge in [-0.2, -0.15) is 0 Å². The highest BCUT2D eigenvalue weighted by Gasteiger charge is 2.08. The summed E-state index contributed by atoms with van der Waals surface area (Å²) >= 11 is 0. The number of hydrogen-bond acceptors (Lipinski definition) is 5. The molecule has 1 aromatic heterocycles. The third-order valence-electron chi connectivity index (χ3n) is 3.07. The Kier molecular flexibility index (Phi) is 5.99. The largest absolute Gasteiger partial charge is 0.369 e. The van der Waals surface area contributed by atoms with Crippen molar-refractivity contribution in [2.75, 3.05) is 37.8 Å². The lowest BCUT2D eigenvalue weighted by Gasteiger charge is -2.10. The smallest absolute Gasteiger partial charge is 0.275 e. The second-order valence-electron chi connectivity index (χ2n) is 5.33. The van der Waals surface area contributed by atoms with Crippen molar-refractivity contribution < 1.29 is 9.18 Å². The molecule has 0 atom stereocenters. The van der Waals surface area contributed by atoms with Gasteiger partial charge >= 0.3 is 0 Å². The molecule has 1 heterocycles. The third-order valence-corrected chi connectivity index (χ3v) is 3.07. The second kappa shape index (κ2) is 8.19. The van der Waals surface area contributed by atoms with E-state index in [4.69, 9.17) is 0 Å². The Morgan fingerprint density at radius 2 is 1.91 bits per heavy atom. The van der Waals surface area contributed by atoms with Crippen LogP contribution in [0.2, 0.25) is 0 Å². The minimum absolute atomic E-state index is 0.202. The molecule has 23 heavy (non-hydrogen) atoms. The first-order chi connectivity index (χ1) is 11.0. The van der Waals surface area contributed by atoms with Crippen LogP contribution < -0.4 is 10.6 Å². The van der Waals surface area contributed by atoms with E-state index < -0.39 is 0 Å². The lowest BCUT2D eigenvalue weighted by Crippen LogP contribution is -2.17. The number of carbonyl (C=O) groups is 1. The number of hydrogen-bond donors (Lipinski definition) is 2. The van der Waals surface area contributed by atoms with Crippen LogP contribution in [0.4, 0.5) is 15.9 Å². The molecule has 2 rings (SSSR count). The van der Waals surface area contributed by atoms with Crippen molar-refractivity contribution in [2.45, 2.75) is 6.42 Å². The summed E-state index contributed by atoms with van der Waals surface area (Å²) in [5.41, 5.74) is 0.706. The van der Waals surface area contributed by atoms with Crippen LogP contribution in [0.3, 0.4) is 0 Å². The molecule has 0 aliphatic heterocycles. The van der Waals surface area contributed by atoms with Crippen LogP contribution in [0.5, 0.6) is 0 Å². The summed E-state index contributed by atoms with van der Waals surface area (Å²) in [7, 11) is 4.04. The number of anilines is 2. The van der Waals surface area contributed by atoms with Crippen LogP contribution in [-0.2, 0) is 0 Å². The van der Waals surface area contributed by atoms with E-state index >= 15 is 0 Å². The van der Waals surface area contributed by atoms with E-state index in [1.54, 1.807) is 0 Å². The van der Waals surface area contributed by atoms with Crippen molar-refractivity contribution in [3.8, 4) is 0 Å². The number of aromatic nitrogens is 2. The summed E-state index contributed by atoms with van der Waals surface area (Å²) < 4.78 is 12.8. The van der Waals surface area contributed by atoms with Gasteiger partial charge in [0, 0.05) is 12.2 Å². The highest BCUT2D eigenvalue weighted by Crippen LogP contribution is 2.10. The third kappa shape index (κ3) is 5.63. The molecule has 1 aromatic carbocycles. The van der Waals surface area contributed by atoms with Crippen LogP contribution >= 0.6 is 0 Å². The van der Waals surface area contributed by atoms with Gasteiger partial charge in [0.05, 0.1) is 12.4 Å². The normalized spacial score (nSPS) is 10.6. The second-order valence-corrected chi connectivity index (χ2v) is 5.33. The van der Waals surface area contributed by atoms with Crippen molar-refractivity contribution in [1.82, 2.24) is 14.9 Å². The molecule has 7 heteroatoms. The van der Waals surface area contributed by atoms with Gasteiger partial charge in [-0.1, -0.05) is 0 Å². The van der Waals surface area contributed by atoms with Crippen LogP contribution in [0, 0.1) is 5.82 Å². The number of rotatable bonds is 7. The van der Waals surface area contributed by atoms with Gasteiger partial charge in [-0.05, 0) is 51.3 Å². The number of nitrogens with one attached hydrogen (secondary N) is 2. The minimum Gasteiger partial charge on any atom is -0.369 e. The Morgan fingerprint density at radius 3 is 2.52 bits per heavy atom. The number of nitrogens with zero attached hydrogens (tertiary/aromatic N) is 3. The monoisotopic (exact) mass is 317 g/mol. The van der Waals surface area contributed by atoms with Crippen LogP contribution in [0.1, 0.15) is 16.9 Å². The maximum atomic E-state index is 12.8. The zero-order chi connectivity index (χ0) is 16.7. The van der Waals surface area contributed by atoms with E-state index in [0.717, 1.165) is 19.5 Å². The predicted molar refractivity (Wildman–Crippen MR) is 88.0 cm³/mol. The van der Waals surface area contributed by atoms with Crippen LogP contribution in [-0.4, -0.2) is 48.0 Å². The van der Waals surface area contributed by atoms with E-state index in [0.29, 0.717) is 11.5 Å². The number of carbonyl (C=O) groups excluding carboxylic acids is 1. The van der Waals surface area contributed by atoms with Crippen molar-refractivity contribution in [3.63, 3.8) is 0 Å². The quantitative estimate of drug-likeness (QED) is 0.766. The Balaban J connectivity index is 1.86. The standard InChI is InChI=1S/C16H20FN5O/c1-22(2)9-3-8-18-15-11-19-14(10-20-15)16(23)21-13-6-4-12(17)5-7-13/h4-7,10-11H,3,8-9H2,1-2H3,(H,18,20)(H,21,23). The van der Waals surface area contributed by atoms with Crippen molar-refractivity contribution in [2.24, 2.45) is 0 Å². The number of amides is 1. The Bertz CT molecular complexity index is 628. The summed E-state index contributed by atoms with van der Waals surface area (Å²) in [6.07, 6.45) is 3.92. The maximum Gasteiger partial charge on any atom is 0.275 e. The fraction of sp³-hybridized carbons (Fsp3) is 0.312. The topological polar surface area (TPSA) is 70.2 Å². The first-order valence-corrected chi connectivity index (χ1v) is 7.32. The summed E-state index contributed by atoms with van der Waals surface area (Å²) in [6.45, 7) is 1.77. The summed E-state index contributed by atoms with van der Waals surface area (Å²) in [6, 6.07) is 5.53. The maximum absolute atomic E-state index is 12.8. The molecular formula is C16H20FN5O. The molecule has 0 bridgehead atoms. The Morgan fingerprint density at radius 1 is 1.17 bits per heavy atom. The van der Waals surface area contributed by atoms with Gasteiger partial charge in [0.2, 0.25) is 0 Å². The van der Waals surface area contributed by atoms with Crippen molar-refractivity contribution in [1.29, 1.82) is 0 Å². The molecule has 0 spiro atoms. The molecule has 0 radical (unpaired) electrons. The summed E-state index contributed by atoms with van der Waals surface area (Å²) in [5, 5.41) is 5.78. The fourth-order valence-corrected chi connectivity index (χ4v) is 1.88.